The second kappa shape index (κ2) is 6.25. The number of nitrogens with zero attached hydrogens (tertiary/aromatic N) is 3. The maximum atomic E-state index is 12.8. The lowest BCUT2D eigenvalue weighted by molar-refractivity contribution is -0.137. The van der Waals surface area contributed by atoms with E-state index in [0.717, 1.165) is 0 Å². The van der Waals surface area contributed by atoms with Gasteiger partial charge in [0, 0.05) is 12.1 Å². The highest BCUT2D eigenvalue weighted by Gasteiger charge is 2.11. The van der Waals surface area contributed by atoms with Crippen LogP contribution in [-0.2, 0) is 11.3 Å². The number of benzene rings is 1. The Labute approximate surface area is 114 Å². The largest absolute Gasteiger partial charge is 0.481 e. The Hall–Kier alpha value is -2.28. The summed E-state index contributed by atoms with van der Waals surface area (Å²) in [5.41, 5.74) is 0.662. The third-order valence-electron chi connectivity index (χ3n) is 2.68. The molecule has 0 unspecified atom stereocenters. The molecule has 1 heterocycles. The second-order valence-corrected chi connectivity index (χ2v) is 4.40. The zero-order valence-corrected chi connectivity index (χ0v) is 10.9. The lowest BCUT2D eigenvalue weighted by Gasteiger charge is -2.11. The van der Waals surface area contributed by atoms with Crippen LogP contribution in [0.25, 0.3) is 11.4 Å². The molecule has 0 amide bonds. The number of hydrogen-bond donors (Lipinski definition) is 1. The lowest BCUT2D eigenvalue weighted by atomic mass is 10.2. The van der Waals surface area contributed by atoms with Crippen molar-refractivity contribution in [2.24, 2.45) is 0 Å². The van der Waals surface area contributed by atoms with E-state index in [1.54, 1.807) is 24.1 Å². The number of hydrogen-bond acceptors (Lipinski definition) is 5. The molecule has 0 aliphatic rings. The van der Waals surface area contributed by atoms with Crippen molar-refractivity contribution < 1.29 is 18.8 Å². The average Bonchev–Trinajstić information content (AvgIpc) is 2.85. The quantitative estimate of drug-likeness (QED) is 0.868. The normalized spacial score (nSPS) is 10.9. The molecule has 106 valence electrons. The predicted octanol–water partition coefficient (Wildman–Crippen LogP) is 1.78. The first-order chi connectivity index (χ1) is 9.54. The molecular formula is C13H14FN3O3. The summed E-state index contributed by atoms with van der Waals surface area (Å²) in [6, 6.07) is 5.78. The molecule has 6 nitrogen and oxygen atoms in total. The minimum absolute atomic E-state index is 0.0510. The SMILES string of the molecule is CN(CCC(=O)O)Cc1nc(-c2ccc(F)cc2)no1. The van der Waals surface area contributed by atoms with Crippen LogP contribution in [0.3, 0.4) is 0 Å². The van der Waals surface area contributed by atoms with Crippen molar-refractivity contribution in [3.63, 3.8) is 0 Å². The minimum Gasteiger partial charge on any atom is -0.481 e. The first kappa shape index (κ1) is 14.1. The monoisotopic (exact) mass is 279 g/mol. The molecule has 1 N–H and O–H groups in total. The van der Waals surface area contributed by atoms with Crippen LogP contribution in [0.2, 0.25) is 0 Å². The van der Waals surface area contributed by atoms with Crippen LogP contribution < -0.4 is 0 Å². The Morgan fingerprint density at radius 1 is 1.40 bits per heavy atom. The summed E-state index contributed by atoms with van der Waals surface area (Å²) in [5.74, 6) is -0.413. The van der Waals surface area contributed by atoms with Gasteiger partial charge >= 0.3 is 5.97 Å². The van der Waals surface area contributed by atoms with Crippen molar-refractivity contribution in [1.29, 1.82) is 0 Å². The molecule has 2 rings (SSSR count). The number of carboxylic acids is 1. The average molecular weight is 279 g/mol. The maximum Gasteiger partial charge on any atom is 0.304 e. The fourth-order valence-electron chi connectivity index (χ4n) is 1.63. The molecule has 1 aromatic carbocycles. The van der Waals surface area contributed by atoms with Crippen LogP contribution in [-0.4, -0.2) is 39.7 Å². The fraction of sp³-hybridized carbons (Fsp3) is 0.308. The Kier molecular flexibility index (Phi) is 4.41. The third-order valence-corrected chi connectivity index (χ3v) is 2.68. The lowest BCUT2D eigenvalue weighted by Crippen LogP contribution is -2.21. The number of aromatic nitrogens is 2. The van der Waals surface area contributed by atoms with E-state index in [1.807, 2.05) is 0 Å². The first-order valence-electron chi connectivity index (χ1n) is 6.03. The molecule has 0 saturated carbocycles. The number of rotatable bonds is 6. The maximum absolute atomic E-state index is 12.8. The molecule has 0 bridgehead atoms. The molecular weight excluding hydrogens is 265 g/mol. The number of carboxylic acid groups (broad SMARTS) is 1. The van der Waals surface area contributed by atoms with Gasteiger partial charge in [-0.1, -0.05) is 5.16 Å². The van der Waals surface area contributed by atoms with Gasteiger partial charge in [0.15, 0.2) is 0 Å². The van der Waals surface area contributed by atoms with Crippen molar-refractivity contribution in [2.75, 3.05) is 13.6 Å². The van der Waals surface area contributed by atoms with Gasteiger partial charge in [0.25, 0.3) is 0 Å². The van der Waals surface area contributed by atoms with Crippen molar-refractivity contribution in [3.8, 4) is 11.4 Å². The van der Waals surface area contributed by atoms with Crippen LogP contribution >= 0.6 is 0 Å². The van der Waals surface area contributed by atoms with Gasteiger partial charge in [-0.25, -0.2) is 4.39 Å². The van der Waals surface area contributed by atoms with E-state index in [4.69, 9.17) is 9.63 Å². The Bertz CT molecular complexity index is 583. The highest BCUT2D eigenvalue weighted by Crippen LogP contribution is 2.16. The van der Waals surface area contributed by atoms with Gasteiger partial charge in [0.1, 0.15) is 5.82 Å². The van der Waals surface area contributed by atoms with Gasteiger partial charge in [0.2, 0.25) is 11.7 Å². The van der Waals surface area contributed by atoms with E-state index in [1.165, 1.54) is 12.1 Å². The van der Waals surface area contributed by atoms with Crippen molar-refractivity contribution in [2.45, 2.75) is 13.0 Å². The Morgan fingerprint density at radius 3 is 2.75 bits per heavy atom. The van der Waals surface area contributed by atoms with Crippen LogP contribution in [0.15, 0.2) is 28.8 Å². The summed E-state index contributed by atoms with van der Waals surface area (Å²) < 4.78 is 17.9. The zero-order valence-electron chi connectivity index (χ0n) is 10.9. The molecule has 0 atom stereocenters. The fourth-order valence-corrected chi connectivity index (χ4v) is 1.63. The predicted molar refractivity (Wildman–Crippen MR) is 68.3 cm³/mol. The molecule has 20 heavy (non-hydrogen) atoms. The van der Waals surface area contributed by atoms with E-state index in [-0.39, 0.29) is 12.2 Å². The summed E-state index contributed by atoms with van der Waals surface area (Å²) in [5, 5.41) is 12.4. The summed E-state index contributed by atoms with van der Waals surface area (Å²) in [6.07, 6.45) is 0.0510. The topological polar surface area (TPSA) is 79.5 Å². The van der Waals surface area contributed by atoms with Crippen molar-refractivity contribution >= 4 is 5.97 Å². The summed E-state index contributed by atoms with van der Waals surface area (Å²) in [6.45, 7) is 0.755. The van der Waals surface area contributed by atoms with Gasteiger partial charge in [-0.05, 0) is 31.3 Å². The molecule has 0 radical (unpaired) electrons. The summed E-state index contributed by atoms with van der Waals surface area (Å²) in [4.78, 5) is 16.4. The Morgan fingerprint density at radius 2 is 2.10 bits per heavy atom. The molecule has 1 aromatic heterocycles. The van der Waals surface area contributed by atoms with E-state index >= 15 is 0 Å². The summed E-state index contributed by atoms with van der Waals surface area (Å²) in [7, 11) is 1.77. The van der Waals surface area contributed by atoms with Crippen LogP contribution in [0.4, 0.5) is 4.39 Å². The Balaban J connectivity index is 1.98. The van der Waals surface area contributed by atoms with E-state index in [9.17, 15) is 9.18 Å². The smallest absolute Gasteiger partial charge is 0.304 e. The van der Waals surface area contributed by atoms with Crippen molar-refractivity contribution in [1.82, 2.24) is 15.0 Å². The van der Waals surface area contributed by atoms with E-state index in [0.29, 0.717) is 30.4 Å². The molecule has 0 aliphatic heterocycles. The number of aliphatic carboxylic acids is 1. The van der Waals surface area contributed by atoms with Crippen molar-refractivity contribution in [3.05, 3.63) is 36.0 Å². The number of halogens is 1. The molecule has 0 aliphatic carbocycles. The molecule has 0 fully saturated rings. The third kappa shape index (κ3) is 3.86. The van der Waals surface area contributed by atoms with E-state index in [2.05, 4.69) is 10.1 Å². The van der Waals surface area contributed by atoms with Gasteiger partial charge in [-0.3, -0.25) is 9.69 Å². The van der Waals surface area contributed by atoms with Crippen LogP contribution in [0.1, 0.15) is 12.3 Å². The standard InChI is InChI=1S/C13H14FN3O3/c1-17(7-6-12(18)19)8-11-15-13(16-20-11)9-2-4-10(14)5-3-9/h2-5H,6-8H2,1H3,(H,18,19). The minimum atomic E-state index is -0.852. The molecule has 2 aromatic rings. The molecule has 0 saturated heterocycles. The van der Waals surface area contributed by atoms with Crippen LogP contribution in [0, 0.1) is 5.82 Å². The highest BCUT2D eigenvalue weighted by molar-refractivity contribution is 5.66. The van der Waals surface area contributed by atoms with Gasteiger partial charge in [0.05, 0.1) is 13.0 Å². The second-order valence-electron chi connectivity index (χ2n) is 4.40. The zero-order chi connectivity index (χ0) is 14.5. The van der Waals surface area contributed by atoms with Gasteiger partial charge < -0.3 is 9.63 Å². The van der Waals surface area contributed by atoms with Crippen LogP contribution in [0.5, 0.6) is 0 Å². The van der Waals surface area contributed by atoms with Gasteiger partial charge in [-0.15, -0.1) is 0 Å². The van der Waals surface area contributed by atoms with Gasteiger partial charge in [-0.2, -0.15) is 4.98 Å². The molecule has 7 heteroatoms. The van der Waals surface area contributed by atoms with E-state index < -0.39 is 5.97 Å². The first-order valence-corrected chi connectivity index (χ1v) is 6.03. The molecule has 0 spiro atoms. The summed E-state index contributed by atoms with van der Waals surface area (Å²) >= 11 is 0. The number of carbonyl (C=O) groups is 1. The highest BCUT2D eigenvalue weighted by atomic mass is 19.1.